The van der Waals surface area contributed by atoms with E-state index in [2.05, 4.69) is 5.32 Å². The third-order valence-corrected chi connectivity index (χ3v) is 5.61. The number of benzene rings is 3. The largest absolute Gasteiger partial charge is 0.482 e. The number of carbonyl (C=O) groups excluding carboxylic acids is 2. The van der Waals surface area contributed by atoms with Crippen molar-refractivity contribution in [3.63, 3.8) is 0 Å². The number of rotatable bonds is 6. The van der Waals surface area contributed by atoms with Crippen molar-refractivity contribution in [1.82, 2.24) is 0 Å². The lowest BCUT2D eigenvalue weighted by molar-refractivity contribution is -0.125. The van der Waals surface area contributed by atoms with Gasteiger partial charge in [0.25, 0.3) is 11.8 Å². The Bertz CT molecular complexity index is 1170. The van der Waals surface area contributed by atoms with Crippen molar-refractivity contribution in [2.45, 2.75) is 19.6 Å². The van der Waals surface area contributed by atoms with E-state index in [9.17, 15) is 9.59 Å². The molecule has 1 unspecified atom stereocenters. The number of nitrogens with one attached hydrogen (secondary N) is 1. The van der Waals surface area contributed by atoms with Crippen LogP contribution in [-0.4, -0.2) is 24.5 Å². The molecule has 1 aliphatic rings. The second-order valence-corrected chi connectivity index (χ2v) is 8.04. The summed E-state index contributed by atoms with van der Waals surface area (Å²) in [5, 5.41) is 3.77. The molecule has 6 nitrogen and oxygen atoms in total. The van der Waals surface area contributed by atoms with Crippen LogP contribution in [0.15, 0.2) is 66.7 Å². The van der Waals surface area contributed by atoms with Crippen LogP contribution in [0.5, 0.6) is 11.5 Å². The molecule has 3 aromatic rings. The molecule has 0 saturated heterocycles. The van der Waals surface area contributed by atoms with E-state index >= 15 is 0 Å². The molecule has 0 saturated carbocycles. The molecule has 164 valence electrons. The number of fused-ring (bicyclic) bond motifs is 1. The summed E-state index contributed by atoms with van der Waals surface area (Å²) in [5.41, 5.74) is 1.87. The van der Waals surface area contributed by atoms with Gasteiger partial charge in [-0.3, -0.25) is 9.59 Å². The van der Waals surface area contributed by atoms with Crippen LogP contribution in [0.3, 0.4) is 0 Å². The van der Waals surface area contributed by atoms with E-state index in [4.69, 9.17) is 32.7 Å². The molecule has 0 aromatic heterocycles. The lowest BCUT2D eigenvalue weighted by Crippen LogP contribution is -2.44. The van der Waals surface area contributed by atoms with Crippen molar-refractivity contribution in [3.05, 3.63) is 82.3 Å². The fraction of sp³-hybridized carbons (Fsp3) is 0.167. The molecular formula is C24H20Cl2N2O4. The number of hydrogen-bond acceptors (Lipinski definition) is 4. The number of carbonyl (C=O) groups is 2. The Kier molecular flexibility index (Phi) is 6.53. The minimum atomic E-state index is -0.630. The van der Waals surface area contributed by atoms with Gasteiger partial charge in [0.2, 0.25) is 0 Å². The van der Waals surface area contributed by atoms with Crippen LogP contribution in [0.4, 0.5) is 11.4 Å². The first-order valence-electron chi connectivity index (χ1n) is 9.95. The van der Waals surface area contributed by atoms with Gasteiger partial charge in [0.1, 0.15) is 11.5 Å². The molecule has 0 radical (unpaired) electrons. The van der Waals surface area contributed by atoms with E-state index in [-0.39, 0.29) is 25.0 Å². The molecule has 3 aromatic carbocycles. The maximum atomic E-state index is 12.9. The lowest BCUT2D eigenvalue weighted by atomic mass is 10.1. The summed E-state index contributed by atoms with van der Waals surface area (Å²) in [6.45, 7) is 1.77. The molecule has 1 N–H and O–H groups in total. The minimum Gasteiger partial charge on any atom is -0.482 e. The zero-order valence-corrected chi connectivity index (χ0v) is 18.7. The van der Waals surface area contributed by atoms with E-state index in [1.165, 1.54) is 0 Å². The fourth-order valence-electron chi connectivity index (χ4n) is 3.35. The Labute approximate surface area is 195 Å². The second kappa shape index (κ2) is 9.51. The smallest absolute Gasteiger partial charge is 0.268 e. The molecule has 0 aliphatic carbocycles. The second-order valence-electron chi connectivity index (χ2n) is 7.23. The molecule has 0 bridgehead atoms. The zero-order chi connectivity index (χ0) is 22.7. The van der Waals surface area contributed by atoms with Crippen molar-refractivity contribution in [2.24, 2.45) is 0 Å². The molecule has 0 fully saturated rings. The lowest BCUT2D eigenvalue weighted by Gasteiger charge is -2.33. The molecular weight excluding hydrogens is 451 g/mol. The van der Waals surface area contributed by atoms with E-state index < -0.39 is 6.10 Å². The molecule has 8 heteroatoms. The number of hydrogen-bond donors (Lipinski definition) is 1. The zero-order valence-electron chi connectivity index (χ0n) is 17.2. The summed E-state index contributed by atoms with van der Waals surface area (Å²) in [7, 11) is 0. The van der Waals surface area contributed by atoms with Crippen molar-refractivity contribution in [2.75, 3.05) is 16.8 Å². The van der Waals surface area contributed by atoms with Crippen molar-refractivity contribution < 1.29 is 19.1 Å². The Morgan fingerprint density at radius 2 is 1.78 bits per heavy atom. The van der Waals surface area contributed by atoms with Gasteiger partial charge in [-0.05, 0) is 48.9 Å². The highest BCUT2D eigenvalue weighted by molar-refractivity contribution is 6.32. The summed E-state index contributed by atoms with van der Waals surface area (Å²) in [6, 6.07) is 19.4. The Hall–Kier alpha value is -3.22. The maximum absolute atomic E-state index is 12.9. The Morgan fingerprint density at radius 1 is 1.06 bits per heavy atom. The van der Waals surface area contributed by atoms with Crippen molar-refractivity contribution >= 4 is 46.4 Å². The molecule has 1 atom stereocenters. The Morgan fingerprint density at radius 3 is 2.53 bits per heavy atom. The summed E-state index contributed by atoms with van der Waals surface area (Å²) >= 11 is 12.4. The van der Waals surface area contributed by atoms with Gasteiger partial charge in [-0.2, -0.15) is 0 Å². The van der Waals surface area contributed by atoms with Gasteiger partial charge in [0.05, 0.1) is 17.3 Å². The standard InChI is InChI=1S/C24H20Cl2N2O4/c1-15-24(30)28(13-16-6-2-3-7-18(16)25)20-12-17(10-11-22(20)32-15)27-23(29)14-31-21-9-5-4-8-19(21)26/h2-12,15H,13-14H2,1H3,(H,27,29). The monoisotopic (exact) mass is 470 g/mol. The predicted molar refractivity (Wildman–Crippen MR) is 125 cm³/mol. The van der Waals surface area contributed by atoms with E-state index in [0.717, 1.165) is 5.56 Å². The quantitative estimate of drug-likeness (QED) is 0.528. The van der Waals surface area contributed by atoms with Gasteiger partial charge >= 0.3 is 0 Å². The molecule has 4 rings (SSSR count). The first-order valence-corrected chi connectivity index (χ1v) is 10.7. The van der Waals surface area contributed by atoms with Crippen LogP contribution in [0, 0.1) is 0 Å². The highest BCUT2D eigenvalue weighted by Gasteiger charge is 2.32. The summed E-state index contributed by atoms with van der Waals surface area (Å²) in [4.78, 5) is 26.9. The average Bonchev–Trinajstić information content (AvgIpc) is 2.78. The number of halogens is 2. The van der Waals surface area contributed by atoms with Crippen molar-refractivity contribution in [3.8, 4) is 11.5 Å². The van der Waals surface area contributed by atoms with Gasteiger partial charge in [0.15, 0.2) is 12.7 Å². The highest BCUT2D eigenvalue weighted by atomic mass is 35.5. The summed E-state index contributed by atoms with van der Waals surface area (Å²) in [6.07, 6.45) is -0.630. The van der Waals surface area contributed by atoms with Crippen LogP contribution < -0.4 is 19.7 Å². The molecule has 0 spiro atoms. The number of amides is 2. The summed E-state index contributed by atoms with van der Waals surface area (Å²) in [5.74, 6) is 0.421. The molecule has 32 heavy (non-hydrogen) atoms. The van der Waals surface area contributed by atoms with Crippen LogP contribution in [0.1, 0.15) is 12.5 Å². The van der Waals surface area contributed by atoms with Gasteiger partial charge in [-0.1, -0.05) is 53.5 Å². The molecule has 2 amide bonds. The highest BCUT2D eigenvalue weighted by Crippen LogP contribution is 2.37. The number of para-hydroxylation sites is 1. The number of nitrogens with zero attached hydrogens (tertiary/aromatic N) is 1. The number of ether oxygens (including phenoxy) is 2. The minimum absolute atomic E-state index is 0.192. The van der Waals surface area contributed by atoms with Crippen LogP contribution in [0.2, 0.25) is 10.0 Å². The normalized spacial score (nSPS) is 15.0. The maximum Gasteiger partial charge on any atom is 0.268 e. The first-order chi connectivity index (χ1) is 15.4. The van der Waals surface area contributed by atoms with Gasteiger partial charge in [-0.15, -0.1) is 0 Å². The van der Waals surface area contributed by atoms with E-state index in [1.807, 2.05) is 18.2 Å². The SMILES string of the molecule is CC1Oc2ccc(NC(=O)COc3ccccc3Cl)cc2N(Cc2ccccc2Cl)C1=O. The third kappa shape index (κ3) is 4.82. The van der Waals surface area contributed by atoms with E-state index in [0.29, 0.717) is 32.9 Å². The molecule has 1 heterocycles. The predicted octanol–water partition coefficient (Wildman–Crippen LogP) is 5.33. The topological polar surface area (TPSA) is 67.9 Å². The number of anilines is 2. The molecule has 1 aliphatic heterocycles. The fourth-order valence-corrected chi connectivity index (χ4v) is 3.73. The van der Waals surface area contributed by atoms with Gasteiger partial charge < -0.3 is 19.7 Å². The van der Waals surface area contributed by atoms with E-state index in [1.54, 1.807) is 60.4 Å². The summed E-state index contributed by atoms with van der Waals surface area (Å²) < 4.78 is 11.2. The van der Waals surface area contributed by atoms with Crippen LogP contribution >= 0.6 is 23.2 Å². The first kappa shape index (κ1) is 22.0. The Balaban J connectivity index is 1.52. The van der Waals surface area contributed by atoms with Crippen LogP contribution in [-0.2, 0) is 16.1 Å². The van der Waals surface area contributed by atoms with Crippen molar-refractivity contribution in [1.29, 1.82) is 0 Å². The van der Waals surface area contributed by atoms with Gasteiger partial charge in [-0.25, -0.2) is 0 Å². The van der Waals surface area contributed by atoms with Gasteiger partial charge in [0, 0.05) is 10.7 Å². The third-order valence-electron chi connectivity index (χ3n) is 4.93. The van der Waals surface area contributed by atoms with Crippen LogP contribution in [0.25, 0.3) is 0 Å². The average molecular weight is 471 g/mol.